The van der Waals surface area contributed by atoms with Crippen LogP contribution in [-0.4, -0.2) is 31.1 Å². The van der Waals surface area contributed by atoms with Crippen molar-refractivity contribution >= 4 is 64.8 Å². The molecule has 0 saturated heterocycles. The van der Waals surface area contributed by atoms with E-state index in [1.54, 1.807) is 0 Å². The van der Waals surface area contributed by atoms with Gasteiger partial charge in [0.1, 0.15) is 0 Å². The third kappa shape index (κ3) is 7.36. The molecular weight excluding hydrogens is 410 g/mol. The molecule has 0 N–H and O–H groups in total. The number of aryl methyl sites for hydroxylation is 1. The van der Waals surface area contributed by atoms with Gasteiger partial charge < -0.3 is 4.90 Å². The molecule has 0 aromatic heterocycles. The Morgan fingerprint density at radius 3 is 2.27 bits per heavy atom. The molecule has 0 aliphatic rings. The topological polar surface area (TPSA) is 15.6 Å². The third-order valence-electron chi connectivity index (χ3n) is 3.90. The van der Waals surface area contributed by atoms with Crippen molar-refractivity contribution in [2.24, 2.45) is 4.99 Å². The number of aliphatic imine (C=N–C) groups is 1. The highest BCUT2D eigenvalue weighted by atomic mass is 35.5. The van der Waals surface area contributed by atoms with E-state index < -0.39 is 0 Å². The molecule has 0 unspecified atom stereocenters. The minimum absolute atomic E-state index is 0. The summed E-state index contributed by atoms with van der Waals surface area (Å²) < 4.78 is 0. The van der Waals surface area contributed by atoms with Gasteiger partial charge in [0.15, 0.2) is 0 Å². The molecule has 0 radical (unpaired) electrons. The fraction of sp³-hybridized carbons (Fsp3) is 0.350. The Kier molecular flexibility index (Phi) is 11.1. The minimum atomic E-state index is 0. The second-order valence-electron chi connectivity index (χ2n) is 5.85. The van der Waals surface area contributed by atoms with Gasteiger partial charge in [-0.25, -0.2) is 0 Å². The average Bonchev–Trinajstić information content (AvgIpc) is 2.61. The summed E-state index contributed by atoms with van der Waals surface area (Å²) in [5.41, 5.74) is 4.33. The van der Waals surface area contributed by atoms with Crippen molar-refractivity contribution in [1.82, 2.24) is 0 Å². The molecule has 0 spiro atoms. The lowest BCUT2D eigenvalue weighted by atomic mass is 10.1. The van der Waals surface area contributed by atoms with Crippen LogP contribution in [0.4, 0.5) is 11.4 Å². The number of hydrogen-bond donors (Lipinski definition) is 0. The first-order chi connectivity index (χ1) is 12.1. The van der Waals surface area contributed by atoms with Gasteiger partial charge in [0.2, 0.25) is 0 Å². The molecule has 0 atom stereocenters. The van der Waals surface area contributed by atoms with Gasteiger partial charge in [0.25, 0.3) is 0 Å². The van der Waals surface area contributed by atoms with E-state index >= 15 is 0 Å². The van der Waals surface area contributed by atoms with Crippen molar-refractivity contribution in [2.45, 2.75) is 19.8 Å². The van der Waals surface area contributed by atoms with Gasteiger partial charge in [-0.05, 0) is 61.2 Å². The SMILES string of the molecule is Cc1cc(N(CCCCl)CCCCl)ccc1C=Nc1cccc(Cl)c1.Cl. The summed E-state index contributed by atoms with van der Waals surface area (Å²) in [6.07, 6.45) is 3.80. The Morgan fingerprint density at radius 1 is 1.00 bits per heavy atom. The van der Waals surface area contributed by atoms with E-state index in [-0.39, 0.29) is 12.4 Å². The predicted molar refractivity (Wildman–Crippen MR) is 120 cm³/mol. The van der Waals surface area contributed by atoms with E-state index in [9.17, 15) is 0 Å². The number of hydrogen-bond acceptors (Lipinski definition) is 2. The Balaban J connectivity index is 0.00000338. The largest absolute Gasteiger partial charge is 0.371 e. The molecule has 2 aromatic rings. The predicted octanol–water partition coefficient (Wildman–Crippen LogP) is 6.89. The molecule has 0 saturated carbocycles. The number of halogens is 4. The van der Waals surface area contributed by atoms with Gasteiger partial charge in [-0.15, -0.1) is 35.6 Å². The maximum Gasteiger partial charge on any atom is 0.0644 e. The first-order valence-electron chi connectivity index (χ1n) is 8.41. The second-order valence-corrected chi connectivity index (χ2v) is 7.04. The maximum atomic E-state index is 6.00. The fourth-order valence-corrected chi connectivity index (χ4v) is 3.00. The first kappa shape index (κ1) is 23.1. The summed E-state index contributed by atoms with van der Waals surface area (Å²) in [5.74, 6) is 1.33. The maximum absolute atomic E-state index is 6.00. The molecule has 6 heteroatoms. The van der Waals surface area contributed by atoms with E-state index in [1.807, 2.05) is 30.5 Å². The quantitative estimate of drug-likeness (QED) is 0.310. The fourth-order valence-electron chi connectivity index (χ4n) is 2.57. The lowest BCUT2D eigenvalue weighted by molar-refractivity contribution is 0.749. The molecule has 2 rings (SSSR count). The van der Waals surface area contributed by atoms with Crippen molar-refractivity contribution in [2.75, 3.05) is 29.7 Å². The number of alkyl halides is 2. The molecule has 2 nitrogen and oxygen atoms in total. The van der Waals surface area contributed by atoms with Crippen molar-refractivity contribution < 1.29 is 0 Å². The van der Waals surface area contributed by atoms with Crippen molar-refractivity contribution in [1.29, 1.82) is 0 Å². The molecule has 0 bridgehead atoms. The van der Waals surface area contributed by atoms with Crippen LogP contribution < -0.4 is 4.90 Å². The van der Waals surface area contributed by atoms with Crippen molar-refractivity contribution in [3.63, 3.8) is 0 Å². The van der Waals surface area contributed by atoms with Crippen LogP contribution in [0.1, 0.15) is 24.0 Å². The van der Waals surface area contributed by atoms with Crippen LogP contribution in [0, 0.1) is 6.92 Å². The smallest absolute Gasteiger partial charge is 0.0644 e. The van der Waals surface area contributed by atoms with Crippen LogP contribution in [0.3, 0.4) is 0 Å². The van der Waals surface area contributed by atoms with E-state index in [1.165, 1.54) is 11.3 Å². The summed E-state index contributed by atoms with van der Waals surface area (Å²) in [4.78, 5) is 6.86. The second kappa shape index (κ2) is 12.5. The summed E-state index contributed by atoms with van der Waals surface area (Å²) in [6.45, 7) is 3.98. The monoisotopic (exact) mass is 432 g/mol. The summed E-state index contributed by atoms with van der Waals surface area (Å²) >= 11 is 17.7. The number of rotatable bonds is 9. The molecule has 0 aliphatic heterocycles. The lowest BCUT2D eigenvalue weighted by Crippen LogP contribution is -2.26. The zero-order chi connectivity index (χ0) is 18.1. The zero-order valence-corrected chi connectivity index (χ0v) is 17.9. The standard InChI is InChI=1S/C20H23Cl3N2.ClH/c1-16-13-20(25(11-3-9-21)12-4-10-22)8-7-17(16)15-24-19-6-2-5-18(23)14-19;/h2,5-8,13-15H,3-4,9-12H2,1H3;1H. The van der Waals surface area contributed by atoms with E-state index in [0.717, 1.165) is 37.2 Å². The van der Waals surface area contributed by atoms with Gasteiger partial charge in [-0.3, -0.25) is 4.99 Å². The Bertz CT molecular complexity index is 696. The molecular formula is C20H24Cl4N2. The van der Waals surface area contributed by atoms with E-state index in [0.29, 0.717) is 16.8 Å². The van der Waals surface area contributed by atoms with Crippen LogP contribution >= 0.6 is 47.2 Å². The summed E-state index contributed by atoms with van der Waals surface area (Å²) in [5, 5.41) is 0.691. The van der Waals surface area contributed by atoms with Crippen LogP contribution in [0.15, 0.2) is 47.5 Å². The highest BCUT2D eigenvalue weighted by Gasteiger charge is 2.07. The first-order valence-corrected chi connectivity index (χ1v) is 9.86. The summed E-state index contributed by atoms with van der Waals surface area (Å²) in [7, 11) is 0. The number of benzene rings is 2. The van der Waals surface area contributed by atoms with Gasteiger partial charge >= 0.3 is 0 Å². The van der Waals surface area contributed by atoms with E-state index in [2.05, 4.69) is 35.0 Å². The third-order valence-corrected chi connectivity index (χ3v) is 4.67. The molecule has 142 valence electrons. The Labute approximate surface area is 177 Å². The van der Waals surface area contributed by atoms with Gasteiger partial charge in [-0.1, -0.05) is 23.7 Å². The van der Waals surface area contributed by atoms with Crippen molar-refractivity contribution in [3.05, 3.63) is 58.6 Å². The van der Waals surface area contributed by atoms with Gasteiger partial charge in [0.05, 0.1) is 5.69 Å². The highest BCUT2D eigenvalue weighted by molar-refractivity contribution is 6.30. The lowest BCUT2D eigenvalue weighted by Gasteiger charge is -2.25. The van der Waals surface area contributed by atoms with Crippen LogP contribution in [0.5, 0.6) is 0 Å². The zero-order valence-electron chi connectivity index (χ0n) is 14.8. The van der Waals surface area contributed by atoms with Gasteiger partial charge in [-0.2, -0.15) is 0 Å². The van der Waals surface area contributed by atoms with Crippen LogP contribution in [0.25, 0.3) is 0 Å². The molecule has 0 aliphatic carbocycles. The average molecular weight is 434 g/mol. The number of nitrogens with zero attached hydrogens (tertiary/aromatic N) is 2. The highest BCUT2D eigenvalue weighted by Crippen LogP contribution is 2.21. The molecule has 0 fully saturated rings. The molecule has 2 aromatic carbocycles. The van der Waals surface area contributed by atoms with Crippen molar-refractivity contribution in [3.8, 4) is 0 Å². The van der Waals surface area contributed by atoms with Crippen LogP contribution in [0.2, 0.25) is 5.02 Å². The Morgan fingerprint density at radius 2 is 1.69 bits per heavy atom. The molecule has 26 heavy (non-hydrogen) atoms. The van der Waals surface area contributed by atoms with E-state index in [4.69, 9.17) is 34.8 Å². The van der Waals surface area contributed by atoms with Crippen LogP contribution in [-0.2, 0) is 0 Å². The van der Waals surface area contributed by atoms with Gasteiger partial charge in [0, 0.05) is 41.8 Å². The summed E-state index contributed by atoms with van der Waals surface area (Å²) in [6, 6.07) is 14.0. The number of anilines is 1. The Hall–Kier alpha value is -0.930. The molecule has 0 heterocycles. The normalized spacial score (nSPS) is 10.8. The molecule has 0 amide bonds. The minimum Gasteiger partial charge on any atom is -0.371 e.